The molecule has 2 amide bonds. The first-order valence-corrected chi connectivity index (χ1v) is 13.2. The largest absolute Gasteiger partial charge is 0.494 e. The summed E-state index contributed by atoms with van der Waals surface area (Å²) < 4.78 is 16.3. The van der Waals surface area contributed by atoms with E-state index in [-0.39, 0.29) is 17.2 Å². The SMILES string of the molecule is COc1ccc(/C=C/C(=O)N2CCC3(CCN(C(=O)CCCOc4ccccc4)CC3)C2)c(Cl)c1OC. The Morgan fingerprint density at radius 2 is 1.68 bits per heavy atom. The first-order valence-electron chi connectivity index (χ1n) is 12.8. The number of ether oxygens (including phenoxy) is 3. The average Bonchev–Trinajstić information content (AvgIpc) is 3.34. The van der Waals surface area contributed by atoms with Crippen LogP contribution in [0.5, 0.6) is 17.2 Å². The molecule has 1 spiro atoms. The molecule has 2 aliphatic rings. The third kappa shape index (κ3) is 6.58. The Hall–Kier alpha value is -3.19. The lowest BCUT2D eigenvalue weighted by Crippen LogP contribution is -2.44. The number of likely N-dealkylation sites (tertiary alicyclic amines) is 2. The van der Waals surface area contributed by atoms with Crippen LogP contribution in [0.25, 0.3) is 6.08 Å². The molecular weight excluding hydrogens is 492 g/mol. The summed E-state index contributed by atoms with van der Waals surface area (Å²) in [4.78, 5) is 29.5. The maximum absolute atomic E-state index is 12.9. The second-order valence-electron chi connectivity index (χ2n) is 9.69. The van der Waals surface area contributed by atoms with Crippen molar-refractivity contribution < 1.29 is 23.8 Å². The highest BCUT2D eigenvalue weighted by atomic mass is 35.5. The smallest absolute Gasteiger partial charge is 0.246 e. The van der Waals surface area contributed by atoms with E-state index in [9.17, 15) is 9.59 Å². The number of rotatable bonds is 9. The van der Waals surface area contributed by atoms with Crippen LogP contribution in [0.15, 0.2) is 48.5 Å². The summed E-state index contributed by atoms with van der Waals surface area (Å²) in [6.07, 6.45) is 7.31. The van der Waals surface area contributed by atoms with E-state index in [4.69, 9.17) is 25.8 Å². The summed E-state index contributed by atoms with van der Waals surface area (Å²) in [6, 6.07) is 13.2. The van der Waals surface area contributed by atoms with Gasteiger partial charge in [0.25, 0.3) is 0 Å². The average molecular weight is 527 g/mol. The number of hydrogen-bond acceptors (Lipinski definition) is 5. The number of carbonyl (C=O) groups is 2. The zero-order valence-electron chi connectivity index (χ0n) is 21.6. The number of benzene rings is 2. The monoisotopic (exact) mass is 526 g/mol. The van der Waals surface area contributed by atoms with Gasteiger partial charge in [-0.2, -0.15) is 0 Å². The van der Waals surface area contributed by atoms with Gasteiger partial charge in [-0.3, -0.25) is 9.59 Å². The maximum Gasteiger partial charge on any atom is 0.246 e. The molecule has 0 aromatic heterocycles. The van der Waals surface area contributed by atoms with Gasteiger partial charge in [0.2, 0.25) is 11.8 Å². The molecule has 0 atom stereocenters. The van der Waals surface area contributed by atoms with Crippen molar-refractivity contribution in [3.05, 3.63) is 59.1 Å². The van der Waals surface area contributed by atoms with Crippen molar-refractivity contribution in [1.29, 1.82) is 0 Å². The van der Waals surface area contributed by atoms with Crippen LogP contribution in [0, 0.1) is 5.41 Å². The zero-order valence-corrected chi connectivity index (χ0v) is 22.3. The Bertz CT molecular complexity index is 1110. The van der Waals surface area contributed by atoms with Gasteiger partial charge in [0.15, 0.2) is 11.5 Å². The molecule has 198 valence electrons. The normalized spacial score (nSPS) is 16.8. The second-order valence-corrected chi connectivity index (χ2v) is 10.1. The first kappa shape index (κ1) is 26.9. The lowest BCUT2D eigenvalue weighted by molar-refractivity contribution is -0.134. The molecule has 8 heteroatoms. The molecule has 2 aromatic carbocycles. The van der Waals surface area contributed by atoms with E-state index >= 15 is 0 Å². The Morgan fingerprint density at radius 1 is 0.973 bits per heavy atom. The van der Waals surface area contributed by atoms with Crippen molar-refractivity contribution in [2.75, 3.05) is 47.0 Å². The maximum atomic E-state index is 12.9. The van der Waals surface area contributed by atoms with E-state index in [2.05, 4.69) is 0 Å². The fourth-order valence-corrected chi connectivity index (χ4v) is 5.45. The summed E-state index contributed by atoms with van der Waals surface area (Å²) >= 11 is 6.44. The van der Waals surface area contributed by atoms with Crippen LogP contribution in [-0.4, -0.2) is 68.6 Å². The van der Waals surface area contributed by atoms with Crippen molar-refractivity contribution in [2.24, 2.45) is 5.41 Å². The molecule has 2 heterocycles. The van der Waals surface area contributed by atoms with Crippen LogP contribution < -0.4 is 14.2 Å². The van der Waals surface area contributed by atoms with Gasteiger partial charge in [0.1, 0.15) is 5.75 Å². The fourth-order valence-electron chi connectivity index (χ4n) is 5.15. The summed E-state index contributed by atoms with van der Waals surface area (Å²) in [5.41, 5.74) is 0.792. The van der Waals surface area contributed by atoms with Crippen LogP contribution in [0.2, 0.25) is 5.02 Å². The van der Waals surface area contributed by atoms with E-state index < -0.39 is 0 Å². The molecule has 2 aromatic rings. The Kier molecular flexibility index (Phi) is 8.98. The molecule has 0 N–H and O–H groups in total. The minimum atomic E-state index is -0.0281. The van der Waals surface area contributed by atoms with Gasteiger partial charge in [0.05, 0.1) is 25.8 Å². The van der Waals surface area contributed by atoms with Crippen LogP contribution in [-0.2, 0) is 9.59 Å². The van der Waals surface area contributed by atoms with Gasteiger partial charge in [-0.1, -0.05) is 29.8 Å². The summed E-state index contributed by atoms with van der Waals surface area (Å²) in [5.74, 6) is 1.98. The number of halogens is 1. The van der Waals surface area contributed by atoms with Crippen LogP contribution in [0.1, 0.15) is 37.7 Å². The quantitative estimate of drug-likeness (QED) is 0.337. The van der Waals surface area contributed by atoms with Gasteiger partial charge >= 0.3 is 0 Å². The molecule has 0 bridgehead atoms. The highest BCUT2D eigenvalue weighted by Gasteiger charge is 2.42. The summed E-state index contributed by atoms with van der Waals surface area (Å²) in [6.45, 7) is 3.48. The standard InChI is InChI=1S/C29H35ClN2O5/c1-35-24-12-10-22(27(30)28(24)36-2)11-13-26(34)32-19-16-29(21-32)14-17-31(18-15-29)25(33)9-6-20-37-23-7-4-3-5-8-23/h3-5,7-8,10-13H,6,9,14-21H2,1-2H3/b13-11+. The Morgan fingerprint density at radius 3 is 2.35 bits per heavy atom. The van der Waals surface area contributed by atoms with Gasteiger partial charge in [-0.25, -0.2) is 0 Å². The Labute approximate surface area is 223 Å². The number of piperidine rings is 1. The third-order valence-corrected chi connectivity index (χ3v) is 7.78. The van der Waals surface area contributed by atoms with Crippen molar-refractivity contribution in [1.82, 2.24) is 9.80 Å². The fraction of sp³-hybridized carbons (Fsp3) is 0.448. The third-order valence-electron chi connectivity index (χ3n) is 7.39. The van der Waals surface area contributed by atoms with Gasteiger partial charge in [-0.15, -0.1) is 0 Å². The van der Waals surface area contributed by atoms with E-state index in [1.165, 1.54) is 7.11 Å². The predicted octanol–water partition coefficient (Wildman–Crippen LogP) is 5.07. The minimum absolute atomic E-state index is 0.0281. The summed E-state index contributed by atoms with van der Waals surface area (Å²) in [5, 5.41) is 0.410. The van der Waals surface area contributed by atoms with Crippen molar-refractivity contribution >= 4 is 29.5 Å². The number of para-hydroxylation sites is 1. The van der Waals surface area contributed by atoms with E-state index in [0.29, 0.717) is 41.5 Å². The van der Waals surface area contributed by atoms with E-state index in [0.717, 1.165) is 51.2 Å². The van der Waals surface area contributed by atoms with Gasteiger partial charge < -0.3 is 24.0 Å². The van der Waals surface area contributed by atoms with Crippen molar-refractivity contribution in [3.8, 4) is 17.2 Å². The lowest BCUT2D eigenvalue weighted by Gasteiger charge is -2.39. The molecule has 37 heavy (non-hydrogen) atoms. The van der Waals surface area contributed by atoms with Crippen LogP contribution in [0.4, 0.5) is 0 Å². The number of amides is 2. The lowest BCUT2D eigenvalue weighted by atomic mass is 9.77. The highest BCUT2D eigenvalue weighted by molar-refractivity contribution is 6.33. The Balaban J connectivity index is 1.23. The van der Waals surface area contributed by atoms with Crippen LogP contribution in [0.3, 0.4) is 0 Å². The molecule has 2 aliphatic heterocycles. The second kappa shape index (κ2) is 12.4. The number of hydrogen-bond donors (Lipinski definition) is 0. The number of carbonyl (C=O) groups excluding carboxylic acids is 2. The molecule has 0 radical (unpaired) electrons. The minimum Gasteiger partial charge on any atom is -0.494 e. The van der Waals surface area contributed by atoms with E-state index in [1.807, 2.05) is 40.1 Å². The van der Waals surface area contributed by atoms with Crippen molar-refractivity contribution in [3.63, 3.8) is 0 Å². The predicted molar refractivity (Wildman–Crippen MR) is 144 cm³/mol. The van der Waals surface area contributed by atoms with Crippen molar-refractivity contribution in [2.45, 2.75) is 32.1 Å². The molecule has 4 rings (SSSR count). The molecular formula is C29H35ClN2O5. The molecule has 2 saturated heterocycles. The molecule has 0 unspecified atom stereocenters. The van der Waals surface area contributed by atoms with Crippen LogP contribution >= 0.6 is 11.6 Å². The van der Waals surface area contributed by atoms with Gasteiger partial charge in [-0.05, 0) is 67.0 Å². The first-order chi connectivity index (χ1) is 17.9. The molecule has 0 aliphatic carbocycles. The molecule has 0 saturated carbocycles. The summed E-state index contributed by atoms with van der Waals surface area (Å²) in [7, 11) is 3.09. The highest BCUT2D eigenvalue weighted by Crippen LogP contribution is 2.41. The number of methoxy groups -OCH3 is 2. The van der Waals surface area contributed by atoms with Gasteiger partial charge in [0, 0.05) is 38.7 Å². The molecule has 7 nitrogen and oxygen atoms in total. The number of nitrogens with zero attached hydrogens (tertiary/aromatic N) is 2. The molecule has 2 fully saturated rings. The van der Waals surface area contributed by atoms with E-state index in [1.54, 1.807) is 31.4 Å². The topological polar surface area (TPSA) is 68.3 Å². The zero-order chi connectivity index (χ0) is 26.3.